The molecule has 7 nitrogen and oxygen atoms in total. The molecule has 3 amide bonds. The molecule has 4 N–H and O–H groups in total. The van der Waals surface area contributed by atoms with E-state index in [0.29, 0.717) is 24.6 Å². The quantitative estimate of drug-likeness (QED) is 0.669. The van der Waals surface area contributed by atoms with E-state index in [1.54, 1.807) is 4.90 Å². The van der Waals surface area contributed by atoms with Gasteiger partial charge in [0.15, 0.2) is 0 Å². The van der Waals surface area contributed by atoms with Crippen LogP contribution >= 0.6 is 0 Å². The lowest BCUT2D eigenvalue weighted by Crippen LogP contribution is -2.53. The fourth-order valence-electron chi connectivity index (χ4n) is 5.57. The van der Waals surface area contributed by atoms with E-state index in [9.17, 15) is 14.4 Å². The van der Waals surface area contributed by atoms with Gasteiger partial charge in [0.1, 0.15) is 6.04 Å². The number of carbonyl (C=O) groups excluding carboxylic acids is 3. The smallest absolute Gasteiger partial charge is 0.255 e. The van der Waals surface area contributed by atoms with Crippen LogP contribution in [-0.4, -0.2) is 40.2 Å². The highest BCUT2D eigenvalue weighted by Gasteiger charge is 2.49. The van der Waals surface area contributed by atoms with E-state index in [4.69, 9.17) is 5.73 Å². The maximum absolute atomic E-state index is 12.8. The summed E-state index contributed by atoms with van der Waals surface area (Å²) in [7, 11) is 0. The standard InChI is InChI=1S/C21H26N4O3/c22-21-6-5-12(9-21)8-17(21)23-10-13-1-2-15-14(7-13)11-25(20(15)28)16-3-4-18(26)24-19(16)27/h1-2,7,12,16-17,23H,3-6,8-11,22H2,(H,24,26,27). The van der Waals surface area contributed by atoms with E-state index in [2.05, 4.69) is 16.7 Å². The number of hydrogen-bond acceptors (Lipinski definition) is 5. The van der Waals surface area contributed by atoms with Gasteiger partial charge in [-0.2, -0.15) is 0 Å². The summed E-state index contributed by atoms with van der Waals surface area (Å²) in [4.78, 5) is 37.9. The minimum atomic E-state index is -0.565. The number of nitrogens with zero attached hydrogens (tertiary/aromatic N) is 1. The number of piperidine rings is 1. The first-order chi connectivity index (χ1) is 13.4. The minimum absolute atomic E-state index is 0.0556. The Balaban J connectivity index is 1.27. The number of benzene rings is 1. The highest BCUT2D eigenvalue weighted by molar-refractivity contribution is 6.05. The van der Waals surface area contributed by atoms with Gasteiger partial charge in [0, 0.05) is 36.7 Å². The lowest BCUT2D eigenvalue weighted by atomic mass is 9.89. The number of fused-ring (bicyclic) bond motifs is 3. The van der Waals surface area contributed by atoms with Crippen LogP contribution in [-0.2, 0) is 22.7 Å². The van der Waals surface area contributed by atoms with Crippen LogP contribution in [0.5, 0.6) is 0 Å². The monoisotopic (exact) mass is 382 g/mol. The third-order valence-electron chi connectivity index (χ3n) is 7.09. The molecule has 148 valence electrons. The van der Waals surface area contributed by atoms with Crippen LogP contribution in [0, 0.1) is 5.92 Å². The number of nitrogens with one attached hydrogen (secondary N) is 2. The molecular formula is C21H26N4O3. The van der Waals surface area contributed by atoms with Crippen molar-refractivity contribution >= 4 is 17.7 Å². The molecule has 4 aliphatic rings. The third-order valence-corrected chi connectivity index (χ3v) is 7.09. The van der Waals surface area contributed by atoms with Gasteiger partial charge in [0.05, 0.1) is 0 Å². The highest BCUT2D eigenvalue weighted by Crippen LogP contribution is 2.46. The summed E-state index contributed by atoms with van der Waals surface area (Å²) in [5, 5.41) is 5.97. The van der Waals surface area contributed by atoms with Gasteiger partial charge in [0.2, 0.25) is 11.8 Å². The summed E-state index contributed by atoms with van der Waals surface area (Å²) >= 11 is 0. The average molecular weight is 382 g/mol. The Morgan fingerprint density at radius 3 is 2.82 bits per heavy atom. The first-order valence-corrected chi connectivity index (χ1v) is 10.2. The first-order valence-electron chi connectivity index (χ1n) is 10.2. The van der Waals surface area contributed by atoms with Crippen molar-refractivity contribution < 1.29 is 14.4 Å². The molecule has 2 saturated carbocycles. The molecule has 2 aliphatic carbocycles. The molecule has 4 atom stereocenters. The van der Waals surface area contributed by atoms with Gasteiger partial charge in [-0.25, -0.2) is 0 Å². The fourth-order valence-corrected chi connectivity index (χ4v) is 5.57. The maximum atomic E-state index is 12.8. The van der Waals surface area contributed by atoms with Crippen LogP contribution in [0.3, 0.4) is 0 Å². The summed E-state index contributed by atoms with van der Waals surface area (Å²) in [6.45, 7) is 1.15. The zero-order valence-electron chi connectivity index (χ0n) is 15.9. The number of amides is 3. The van der Waals surface area contributed by atoms with Crippen LogP contribution in [0.4, 0.5) is 0 Å². The fraction of sp³-hybridized carbons (Fsp3) is 0.571. The molecule has 2 bridgehead atoms. The Morgan fingerprint density at radius 1 is 1.25 bits per heavy atom. The summed E-state index contributed by atoms with van der Waals surface area (Å²) < 4.78 is 0. The van der Waals surface area contributed by atoms with Crippen molar-refractivity contribution in [2.45, 2.75) is 69.2 Å². The van der Waals surface area contributed by atoms with Gasteiger partial charge >= 0.3 is 0 Å². The summed E-state index contributed by atoms with van der Waals surface area (Å²) in [6, 6.07) is 5.70. The van der Waals surface area contributed by atoms with Crippen molar-refractivity contribution in [3.63, 3.8) is 0 Å². The van der Waals surface area contributed by atoms with Crippen molar-refractivity contribution in [3.05, 3.63) is 34.9 Å². The average Bonchev–Trinajstić information content (AvgIpc) is 3.30. The number of carbonyl (C=O) groups is 3. The van der Waals surface area contributed by atoms with Crippen molar-refractivity contribution in [2.24, 2.45) is 11.7 Å². The van der Waals surface area contributed by atoms with E-state index in [-0.39, 0.29) is 29.7 Å². The highest BCUT2D eigenvalue weighted by atomic mass is 16.2. The van der Waals surface area contributed by atoms with Gasteiger partial charge < -0.3 is 16.0 Å². The lowest BCUT2D eigenvalue weighted by molar-refractivity contribution is -0.136. The van der Waals surface area contributed by atoms with Crippen LogP contribution in [0.25, 0.3) is 0 Å². The second-order valence-electron chi connectivity index (χ2n) is 8.90. The predicted molar refractivity (Wildman–Crippen MR) is 102 cm³/mol. The Morgan fingerprint density at radius 2 is 2.11 bits per heavy atom. The number of rotatable bonds is 4. The van der Waals surface area contributed by atoms with E-state index < -0.39 is 6.04 Å². The van der Waals surface area contributed by atoms with E-state index in [0.717, 1.165) is 42.9 Å². The summed E-state index contributed by atoms with van der Waals surface area (Å²) in [5.41, 5.74) is 9.24. The normalized spacial score (nSPS) is 34.1. The minimum Gasteiger partial charge on any atom is -0.324 e. The zero-order valence-corrected chi connectivity index (χ0v) is 15.9. The number of hydrogen-bond donors (Lipinski definition) is 3. The molecule has 1 aromatic carbocycles. The van der Waals surface area contributed by atoms with Crippen molar-refractivity contribution in [1.29, 1.82) is 0 Å². The Bertz CT molecular complexity index is 869. The van der Waals surface area contributed by atoms with Gasteiger partial charge in [0.25, 0.3) is 5.91 Å². The number of nitrogens with two attached hydrogens (primary N) is 1. The Hall–Kier alpha value is -2.25. The molecular weight excluding hydrogens is 356 g/mol. The van der Waals surface area contributed by atoms with E-state index in [1.165, 1.54) is 6.42 Å². The Kier molecular flexibility index (Phi) is 4.07. The molecule has 7 heteroatoms. The zero-order chi connectivity index (χ0) is 19.5. The first kappa shape index (κ1) is 17.8. The van der Waals surface area contributed by atoms with E-state index in [1.807, 2.05) is 12.1 Å². The van der Waals surface area contributed by atoms with Crippen LogP contribution in [0.2, 0.25) is 0 Å². The second-order valence-corrected chi connectivity index (χ2v) is 8.90. The molecule has 5 rings (SSSR count). The largest absolute Gasteiger partial charge is 0.324 e. The third kappa shape index (κ3) is 2.84. The summed E-state index contributed by atoms with van der Waals surface area (Å²) in [5.74, 6) is 0.00105. The predicted octanol–water partition coefficient (Wildman–Crippen LogP) is 0.807. The second kappa shape index (κ2) is 6.39. The van der Waals surface area contributed by atoms with Gasteiger partial charge in [-0.3, -0.25) is 19.7 Å². The lowest BCUT2D eigenvalue weighted by Gasteiger charge is -2.32. The molecule has 2 heterocycles. The number of imide groups is 1. The van der Waals surface area contributed by atoms with Crippen molar-refractivity contribution in [1.82, 2.24) is 15.5 Å². The topological polar surface area (TPSA) is 105 Å². The van der Waals surface area contributed by atoms with Crippen molar-refractivity contribution in [3.8, 4) is 0 Å². The molecule has 4 unspecified atom stereocenters. The maximum Gasteiger partial charge on any atom is 0.255 e. The van der Waals surface area contributed by atoms with Gasteiger partial charge in [-0.05, 0) is 55.2 Å². The van der Waals surface area contributed by atoms with E-state index >= 15 is 0 Å². The van der Waals surface area contributed by atoms with Gasteiger partial charge in [-0.15, -0.1) is 0 Å². The molecule has 1 aromatic rings. The molecule has 1 saturated heterocycles. The molecule has 0 radical (unpaired) electrons. The van der Waals surface area contributed by atoms with Crippen LogP contribution in [0.15, 0.2) is 18.2 Å². The van der Waals surface area contributed by atoms with Gasteiger partial charge in [-0.1, -0.05) is 12.1 Å². The Labute approximate surface area is 164 Å². The summed E-state index contributed by atoms with van der Waals surface area (Å²) in [6.07, 6.45) is 5.31. The van der Waals surface area contributed by atoms with Crippen LogP contribution in [0.1, 0.15) is 60.0 Å². The molecule has 3 fully saturated rings. The molecule has 0 aromatic heterocycles. The molecule has 2 aliphatic heterocycles. The van der Waals surface area contributed by atoms with Crippen molar-refractivity contribution in [2.75, 3.05) is 0 Å². The van der Waals surface area contributed by atoms with Crippen LogP contribution < -0.4 is 16.4 Å². The molecule has 0 spiro atoms. The SMILES string of the molecule is NC12CCC(CC1NCc1ccc3c(c1)CN(C1CCC(=O)NC1=O)C3=O)C2. The molecule has 28 heavy (non-hydrogen) atoms.